The van der Waals surface area contributed by atoms with Gasteiger partial charge >= 0.3 is 0 Å². The van der Waals surface area contributed by atoms with E-state index in [9.17, 15) is 4.79 Å². The minimum absolute atomic E-state index is 0.122. The van der Waals surface area contributed by atoms with Gasteiger partial charge in [0.25, 0.3) is 5.91 Å². The fourth-order valence-corrected chi connectivity index (χ4v) is 4.20. The molecule has 8 heteroatoms. The number of nitrogens with one attached hydrogen (secondary N) is 2. The Morgan fingerprint density at radius 1 is 1.29 bits per heavy atom. The summed E-state index contributed by atoms with van der Waals surface area (Å²) in [4.78, 5) is 16.0. The van der Waals surface area contributed by atoms with Gasteiger partial charge in [-0.3, -0.25) is 14.8 Å². The van der Waals surface area contributed by atoms with Gasteiger partial charge in [-0.15, -0.1) is 10.2 Å². The number of anilines is 1. The van der Waals surface area contributed by atoms with Crippen LogP contribution in [0.3, 0.4) is 0 Å². The highest BCUT2D eigenvalue weighted by Crippen LogP contribution is 2.25. The van der Waals surface area contributed by atoms with Gasteiger partial charge < -0.3 is 4.98 Å². The summed E-state index contributed by atoms with van der Waals surface area (Å²) in [7, 11) is 0. The molecule has 0 fully saturated rings. The molecule has 0 saturated heterocycles. The maximum atomic E-state index is 12.8. The first-order valence-electron chi connectivity index (χ1n) is 9.26. The van der Waals surface area contributed by atoms with E-state index in [1.54, 1.807) is 4.68 Å². The van der Waals surface area contributed by atoms with Crippen molar-refractivity contribution in [2.75, 3.05) is 5.32 Å². The molecular weight excluding hydrogens is 372 g/mol. The van der Waals surface area contributed by atoms with Gasteiger partial charge in [-0.2, -0.15) is 5.10 Å². The van der Waals surface area contributed by atoms with E-state index in [1.807, 2.05) is 45.2 Å². The van der Waals surface area contributed by atoms with Gasteiger partial charge in [0.15, 0.2) is 0 Å². The second kappa shape index (κ2) is 7.55. The number of hydrogen-bond acceptors (Lipinski definition) is 5. The Hall–Kier alpha value is -3.00. The SMILES string of the molecule is CCC(C(=O)Nc1nnc(Cc2c[nH]c3ccccc23)s1)n1nc(C)cc1C. The second-order valence-electron chi connectivity index (χ2n) is 6.82. The largest absolute Gasteiger partial charge is 0.361 e. The van der Waals surface area contributed by atoms with Crippen LogP contribution in [-0.2, 0) is 11.2 Å². The molecule has 3 aromatic heterocycles. The molecule has 0 radical (unpaired) electrons. The number of hydrogen-bond donors (Lipinski definition) is 2. The Morgan fingerprint density at radius 3 is 2.86 bits per heavy atom. The standard InChI is InChI=1S/C20H22N6OS/c1-4-17(26-13(3)9-12(2)25-26)19(27)22-20-24-23-18(28-20)10-14-11-21-16-8-6-5-7-15(14)16/h5-9,11,17,21H,4,10H2,1-3H3,(H,22,24,27). The number of carbonyl (C=O) groups is 1. The molecule has 1 unspecified atom stereocenters. The Labute approximate surface area is 166 Å². The molecule has 3 heterocycles. The highest BCUT2D eigenvalue weighted by molar-refractivity contribution is 7.15. The molecule has 28 heavy (non-hydrogen) atoms. The molecule has 0 aliphatic rings. The van der Waals surface area contributed by atoms with Crippen molar-refractivity contribution < 1.29 is 4.79 Å². The maximum absolute atomic E-state index is 12.8. The van der Waals surface area contributed by atoms with E-state index in [-0.39, 0.29) is 11.9 Å². The third-order valence-corrected chi connectivity index (χ3v) is 5.58. The lowest BCUT2D eigenvalue weighted by atomic mass is 10.1. The number of rotatable bonds is 6. The molecule has 0 bridgehead atoms. The molecule has 4 rings (SSSR count). The number of para-hydroxylation sites is 1. The Balaban J connectivity index is 1.48. The van der Waals surface area contributed by atoms with Crippen molar-refractivity contribution in [2.45, 2.75) is 39.7 Å². The van der Waals surface area contributed by atoms with E-state index < -0.39 is 0 Å². The van der Waals surface area contributed by atoms with Crippen LogP contribution in [0.2, 0.25) is 0 Å². The lowest BCUT2D eigenvalue weighted by molar-refractivity contribution is -0.119. The number of benzene rings is 1. The summed E-state index contributed by atoms with van der Waals surface area (Å²) in [6.07, 6.45) is 3.32. The van der Waals surface area contributed by atoms with Crippen LogP contribution in [0.1, 0.15) is 41.3 Å². The molecule has 0 spiro atoms. The number of amides is 1. The molecule has 1 amide bonds. The number of aromatic amines is 1. The van der Waals surface area contributed by atoms with Crippen molar-refractivity contribution in [3.8, 4) is 0 Å². The van der Waals surface area contributed by atoms with E-state index in [1.165, 1.54) is 22.3 Å². The third-order valence-electron chi connectivity index (χ3n) is 4.74. The number of carbonyl (C=O) groups excluding carboxylic acids is 1. The molecule has 1 aromatic carbocycles. The highest BCUT2D eigenvalue weighted by Gasteiger charge is 2.22. The molecular formula is C20H22N6OS. The lowest BCUT2D eigenvalue weighted by Crippen LogP contribution is -2.27. The number of fused-ring (bicyclic) bond motifs is 1. The minimum atomic E-state index is -0.366. The van der Waals surface area contributed by atoms with Gasteiger partial charge in [-0.05, 0) is 38.0 Å². The van der Waals surface area contributed by atoms with Gasteiger partial charge in [0, 0.05) is 29.2 Å². The van der Waals surface area contributed by atoms with Crippen LogP contribution in [0.4, 0.5) is 5.13 Å². The second-order valence-corrected chi connectivity index (χ2v) is 7.88. The van der Waals surface area contributed by atoms with Crippen LogP contribution in [0.25, 0.3) is 10.9 Å². The van der Waals surface area contributed by atoms with E-state index >= 15 is 0 Å². The molecule has 1 atom stereocenters. The van der Waals surface area contributed by atoms with E-state index in [2.05, 4.69) is 37.7 Å². The van der Waals surface area contributed by atoms with Crippen molar-refractivity contribution in [3.63, 3.8) is 0 Å². The van der Waals surface area contributed by atoms with Crippen LogP contribution in [-0.4, -0.2) is 30.9 Å². The van der Waals surface area contributed by atoms with Crippen molar-refractivity contribution >= 4 is 33.3 Å². The zero-order valence-corrected chi connectivity index (χ0v) is 16.9. The van der Waals surface area contributed by atoms with Gasteiger partial charge in [0.2, 0.25) is 5.13 Å². The predicted molar refractivity (Wildman–Crippen MR) is 111 cm³/mol. The fourth-order valence-electron chi connectivity index (χ4n) is 3.44. The number of H-pyrrole nitrogens is 1. The lowest BCUT2D eigenvalue weighted by Gasteiger charge is -2.16. The van der Waals surface area contributed by atoms with Crippen LogP contribution in [0, 0.1) is 13.8 Å². The van der Waals surface area contributed by atoms with Gasteiger partial charge in [0.05, 0.1) is 5.69 Å². The molecule has 0 saturated carbocycles. The molecule has 7 nitrogen and oxygen atoms in total. The van der Waals surface area contributed by atoms with Crippen LogP contribution >= 0.6 is 11.3 Å². The summed E-state index contributed by atoms with van der Waals surface area (Å²) in [6.45, 7) is 5.86. The fraction of sp³-hybridized carbons (Fsp3) is 0.300. The third kappa shape index (κ3) is 3.55. The number of aromatic nitrogens is 5. The Kier molecular flexibility index (Phi) is 4.95. The van der Waals surface area contributed by atoms with Gasteiger partial charge in [-0.25, -0.2) is 0 Å². The van der Waals surface area contributed by atoms with Crippen LogP contribution < -0.4 is 5.32 Å². The van der Waals surface area contributed by atoms with Crippen molar-refractivity contribution in [1.29, 1.82) is 0 Å². The average molecular weight is 395 g/mol. The normalized spacial score (nSPS) is 12.4. The molecule has 2 N–H and O–H groups in total. The summed E-state index contributed by atoms with van der Waals surface area (Å²) in [5.41, 5.74) is 4.14. The van der Waals surface area contributed by atoms with E-state index in [0.29, 0.717) is 18.0 Å². The number of nitrogens with zero attached hydrogens (tertiary/aromatic N) is 4. The average Bonchev–Trinajstić information content (AvgIpc) is 3.37. The first-order chi connectivity index (χ1) is 13.5. The minimum Gasteiger partial charge on any atom is -0.361 e. The van der Waals surface area contributed by atoms with Gasteiger partial charge in [-0.1, -0.05) is 36.5 Å². The smallest absolute Gasteiger partial charge is 0.251 e. The van der Waals surface area contributed by atoms with Crippen molar-refractivity contribution in [1.82, 2.24) is 25.0 Å². The van der Waals surface area contributed by atoms with Crippen LogP contribution in [0.15, 0.2) is 36.5 Å². The molecule has 4 aromatic rings. The van der Waals surface area contributed by atoms with E-state index in [4.69, 9.17) is 0 Å². The predicted octanol–water partition coefficient (Wildman–Crippen LogP) is 4.01. The Bertz CT molecular complexity index is 1120. The molecule has 0 aliphatic heterocycles. The maximum Gasteiger partial charge on any atom is 0.251 e. The summed E-state index contributed by atoms with van der Waals surface area (Å²) in [5.74, 6) is -0.122. The summed E-state index contributed by atoms with van der Waals surface area (Å²) >= 11 is 1.40. The zero-order valence-electron chi connectivity index (χ0n) is 16.1. The zero-order chi connectivity index (χ0) is 19.7. The first-order valence-corrected chi connectivity index (χ1v) is 10.1. The van der Waals surface area contributed by atoms with Crippen molar-refractivity contribution in [3.05, 3.63) is 58.5 Å². The number of aryl methyl sites for hydroxylation is 2. The quantitative estimate of drug-likeness (QED) is 0.517. The summed E-state index contributed by atoms with van der Waals surface area (Å²) in [5, 5.41) is 18.3. The molecule has 144 valence electrons. The monoisotopic (exact) mass is 394 g/mol. The van der Waals surface area contributed by atoms with E-state index in [0.717, 1.165) is 21.9 Å². The topological polar surface area (TPSA) is 88.5 Å². The summed E-state index contributed by atoms with van der Waals surface area (Å²) in [6, 6.07) is 9.78. The molecule has 0 aliphatic carbocycles. The van der Waals surface area contributed by atoms with Gasteiger partial charge in [0.1, 0.15) is 11.0 Å². The van der Waals surface area contributed by atoms with Crippen molar-refractivity contribution in [2.24, 2.45) is 0 Å². The summed E-state index contributed by atoms with van der Waals surface area (Å²) < 4.78 is 1.78. The Morgan fingerprint density at radius 2 is 2.11 bits per heavy atom. The van der Waals surface area contributed by atoms with Crippen LogP contribution in [0.5, 0.6) is 0 Å². The first kappa shape index (κ1) is 18.4. The highest BCUT2D eigenvalue weighted by atomic mass is 32.1.